The molecule has 3 atom stereocenters. The van der Waals surface area contributed by atoms with Gasteiger partial charge in [-0.25, -0.2) is 4.39 Å². The molecule has 0 saturated heterocycles. The zero-order valence-corrected chi connectivity index (χ0v) is 17.1. The van der Waals surface area contributed by atoms with E-state index in [1.807, 2.05) is 6.92 Å². The van der Waals surface area contributed by atoms with E-state index >= 15 is 0 Å². The lowest BCUT2D eigenvalue weighted by molar-refractivity contribution is -0.126. The minimum absolute atomic E-state index is 0.0671. The summed E-state index contributed by atoms with van der Waals surface area (Å²) >= 11 is 0. The van der Waals surface area contributed by atoms with Gasteiger partial charge >= 0.3 is 0 Å². The molecule has 1 aromatic carbocycles. The van der Waals surface area contributed by atoms with E-state index in [-0.39, 0.29) is 36.1 Å². The molecular formula is C23H28FN3O3. The molecule has 1 aliphatic rings. The quantitative estimate of drug-likeness (QED) is 0.651. The molecule has 0 radical (unpaired) electrons. The maximum atomic E-state index is 13.4. The van der Waals surface area contributed by atoms with E-state index in [9.17, 15) is 19.1 Å². The van der Waals surface area contributed by atoms with E-state index in [1.165, 1.54) is 18.3 Å². The van der Waals surface area contributed by atoms with Gasteiger partial charge in [0, 0.05) is 30.3 Å². The standard InChI is InChI=1S/C23H28FN3O3/c1-2-20(28)14-26-22(29)16-6-4-8-19(12-16)27-23(30)17-9-10-21(25-13-17)15-5-3-7-18(24)11-15/h3,5,7,9-11,13,16,19-20,28H,2,4,6,8,12,14H2,1H3,(H,26,29)(H,27,30)/t16-,19+,20?/m0/s1. The van der Waals surface area contributed by atoms with Crippen LogP contribution in [0.15, 0.2) is 42.6 Å². The van der Waals surface area contributed by atoms with Crippen molar-refractivity contribution in [2.75, 3.05) is 6.54 Å². The molecule has 1 saturated carbocycles. The summed E-state index contributed by atoms with van der Waals surface area (Å²) in [5.74, 6) is -0.805. The molecule has 0 spiro atoms. The number of nitrogens with zero attached hydrogens (tertiary/aromatic N) is 1. The number of carbonyl (C=O) groups excluding carboxylic acids is 2. The molecule has 30 heavy (non-hydrogen) atoms. The minimum Gasteiger partial charge on any atom is -0.391 e. The third-order valence-corrected chi connectivity index (χ3v) is 5.51. The molecule has 1 heterocycles. The van der Waals surface area contributed by atoms with Crippen LogP contribution in [0.25, 0.3) is 11.3 Å². The number of benzene rings is 1. The van der Waals surface area contributed by atoms with Gasteiger partial charge in [0.2, 0.25) is 5.91 Å². The van der Waals surface area contributed by atoms with Crippen LogP contribution >= 0.6 is 0 Å². The Kier molecular flexibility index (Phi) is 7.52. The summed E-state index contributed by atoms with van der Waals surface area (Å²) in [5.41, 5.74) is 1.67. The van der Waals surface area contributed by atoms with Crippen molar-refractivity contribution >= 4 is 11.8 Å². The number of aliphatic hydroxyl groups excluding tert-OH is 1. The largest absolute Gasteiger partial charge is 0.391 e. The Balaban J connectivity index is 1.55. The molecule has 1 fully saturated rings. The Morgan fingerprint density at radius 3 is 2.80 bits per heavy atom. The molecule has 3 rings (SSSR count). The third kappa shape index (κ3) is 5.86. The molecule has 7 heteroatoms. The molecule has 2 aromatic rings. The van der Waals surface area contributed by atoms with Crippen molar-refractivity contribution in [1.29, 1.82) is 0 Å². The molecule has 0 aliphatic heterocycles. The fraction of sp³-hybridized carbons (Fsp3) is 0.435. The van der Waals surface area contributed by atoms with Gasteiger partial charge < -0.3 is 15.7 Å². The van der Waals surface area contributed by atoms with Crippen molar-refractivity contribution in [3.8, 4) is 11.3 Å². The summed E-state index contributed by atoms with van der Waals surface area (Å²) in [4.78, 5) is 29.2. The predicted octanol–water partition coefficient (Wildman–Crippen LogP) is 3.06. The zero-order chi connectivity index (χ0) is 21.5. The van der Waals surface area contributed by atoms with E-state index in [0.717, 1.165) is 19.3 Å². The van der Waals surface area contributed by atoms with Gasteiger partial charge in [0.1, 0.15) is 5.82 Å². The number of carbonyl (C=O) groups is 2. The second-order valence-electron chi connectivity index (χ2n) is 7.78. The van der Waals surface area contributed by atoms with Gasteiger partial charge in [0.05, 0.1) is 17.4 Å². The maximum Gasteiger partial charge on any atom is 0.253 e. The van der Waals surface area contributed by atoms with Crippen molar-refractivity contribution in [2.24, 2.45) is 5.92 Å². The fourth-order valence-electron chi connectivity index (χ4n) is 3.68. The number of pyridine rings is 1. The predicted molar refractivity (Wildman–Crippen MR) is 112 cm³/mol. The second-order valence-corrected chi connectivity index (χ2v) is 7.78. The van der Waals surface area contributed by atoms with Gasteiger partial charge in [-0.1, -0.05) is 25.5 Å². The smallest absolute Gasteiger partial charge is 0.253 e. The molecule has 1 aromatic heterocycles. The van der Waals surface area contributed by atoms with Crippen molar-refractivity contribution in [1.82, 2.24) is 15.6 Å². The summed E-state index contributed by atoms with van der Waals surface area (Å²) in [6.45, 7) is 2.12. The summed E-state index contributed by atoms with van der Waals surface area (Å²) in [5, 5.41) is 15.4. The van der Waals surface area contributed by atoms with Gasteiger partial charge in [-0.2, -0.15) is 0 Å². The zero-order valence-electron chi connectivity index (χ0n) is 17.1. The van der Waals surface area contributed by atoms with Crippen molar-refractivity contribution in [2.45, 2.75) is 51.2 Å². The topological polar surface area (TPSA) is 91.3 Å². The first-order valence-corrected chi connectivity index (χ1v) is 10.4. The molecule has 2 amide bonds. The molecule has 1 aliphatic carbocycles. The van der Waals surface area contributed by atoms with Crippen molar-refractivity contribution < 1.29 is 19.1 Å². The maximum absolute atomic E-state index is 13.4. The number of hydrogen-bond donors (Lipinski definition) is 3. The molecule has 160 valence electrons. The molecule has 3 N–H and O–H groups in total. The fourth-order valence-corrected chi connectivity index (χ4v) is 3.68. The van der Waals surface area contributed by atoms with E-state index in [1.54, 1.807) is 24.3 Å². The van der Waals surface area contributed by atoms with E-state index < -0.39 is 6.10 Å². The molecule has 0 bridgehead atoms. The molecular weight excluding hydrogens is 385 g/mol. The van der Waals surface area contributed by atoms with Crippen LogP contribution in [-0.4, -0.2) is 40.6 Å². The first-order valence-electron chi connectivity index (χ1n) is 10.4. The number of amides is 2. The van der Waals surface area contributed by atoms with Crippen LogP contribution in [0.2, 0.25) is 0 Å². The number of aromatic nitrogens is 1. The third-order valence-electron chi connectivity index (χ3n) is 5.51. The highest BCUT2D eigenvalue weighted by Crippen LogP contribution is 2.25. The molecule has 6 nitrogen and oxygen atoms in total. The summed E-state index contributed by atoms with van der Waals surface area (Å²) < 4.78 is 13.4. The lowest BCUT2D eigenvalue weighted by Crippen LogP contribution is -2.43. The van der Waals surface area contributed by atoms with E-state index in [0.29, 0.717) is 29.7 Å². The van der Waals surface area contributed by atoms with Crippen LogP contribution in [0.1, 0.15) is 49.4 Å². The SMILES string of the molecule is CCC(O)CNC(=O)[C@H]1CCC[C@@H](NC(=O)c2ccc(-c3cccc(F)c3)nc2)C1. The van der Waals surface area contributed by atoms with Crippen molar-refractivity contribution in [3.05, 3.63) is 54.0 Å². The van der Waals surface area contributed by atoms with Gasteiger partial charge in [0.25, 0.3) is 5.91 Å². The van der Waals surface area contributed by atoms with E-state index in [2.05, 4.69) is 15.6 Å². The first-order chi connectivity index (χ1) is 14.5. The van der Waals surface area contributed by atoms with Crippen LogP contribution in [0.4, 0.5) is 4.39 Å². The summed E-state index contributed by atoms with van der Waals surface area (Å²) in [7, 11) is 0. The highest BCUT2D eigenvalue weighted by Gasteiger charge is 2.28. The number of hydrogen-bond acceptors (Lipinski definition) is 4. The Morgan fingerprint density at radius 1 is 1.27 bits per heavy atom. The summed E-state index contributed by atoms with van der Waals surface area (Å²) in [6, 6.07) is 9.43. The van der Waals surface area contributed by atoms with Crippen LogP contribution < -0.4 is 10.6 Å². The monoisotopic (exact) mass is 413 g/mol. The normalized spacial score (nSPS) is 19.7. The van der Waals surface area contributed by atoms with Crippen LogP contribution in [0.3, 0.4) is 0 Å². The van der Waals surface area contributed by atoms with Crippen LogP contribution in [0, 0.1) is 11.7 Å². The Bertz CT molecular complexity index is 872. The Labute approximate surface area is 175 Å². The Morgan fingerprint density at radius 2 is 2.10 bits per heavy atom. The number of halogens is 1. The molecule has 1 unspecified atom stereocenters. The lowest BCUT2D eigenvalue weighted by atomic mass is 9.85. The Hall–Kier alpha value is -2.80. The summed E-state index contributed by atoms with van der Waals surface area (Å²) in [6.07, 6.45) is 4.58. The number of aliphatic hydroxyl groups is 1. The average Bonchev–Trinajstić information content (AvgIpc) is 2.77. The van der Waals surface area contributed by atoms with Gasteiger partial charge in [0.15, 0.2) is 0 Å². The highest BCUT2D eigenvalue weighted by molar-refractivity contribution is 5.94. The first kappa shape index (κ1) is 21.9. The van der Waals surface area contributed by atoms with Gasteiger partial charge in [-0.15, -0.1) is 0 Å². The van der Waals surface area contributed by atoms with Gasteiger partial charge in [-0.3, -0.25) is 14.6 Å². The lowest BCUT2D eigenvalue weighted by Gasteiger charge is -2.29. The average molecular weight is 413 g/mol. The minimum atomic E-state index is -0.532. The van der Waals surface area contributed by atoms with Crippen LogP contribution in [0.5, 0.6) is 0 Å². The highest BCUT2D eigenvalue weighted by atomic mass is 19.1. The van der Waals surface area contributed by atoms with Crippen molar-refractivity contribution in [3.63, 3.8) is 0 Å². The van der Waals surface area contributed by atoms with Gasteiger partial charge in [-0.05, 0) is 49.9 Å². The van der Waals surface area contributed by atoms with E-state index in [4.69, 9.17) is 0 Å². The number of nitrogens with one attached hydrogen (secondary N) is 2. The number of rotatable bonds is 7. The second kappa shape index (κ2) is 10.3. The van der Waals surface area contributed by atoms with Crippen LogP contribution in [-0.2, 0) is 4.79 Å².